The Labute approximate surface area is 163 Å². The summed E-state index contributed by atoms with van der Waals surface area (Å²) in [5, 5.41) is 13.7. The van der Waals surface area contributed by atoms with Gasteiger partial charge in [0.25, 0.3) is 5.91 Å². The second-order valence-corrected chi connectivity index (χ2v) is 6.29. The van der Waals surface area contributed by atoms with Crippen molar-refractivity contribution in [3.8, 4) is 5.75 Å². The minimum Gasteiger partial charge on any atom is -0.492 e. The first-order valence-electron chi connectivity index (χ1n) is 9.04. The number of hydrogen-bond donors (Lipinski definition) is 3. The number of amides is 2. The van der Waals surface area contributed by atoms with E-state index in [9.17, 15) is 9.59 Å². The van der Waals surface area contributed by atoms with Crippen molar-refractivity contribution < 1.29 is 24.2 Å². The molecule has 2 aromatic carbocycles. The zero-order valence-corrected chi connectivity index (χ0v) is 15.4. The molecule has 28 heavy (non-hydrogen) atoms. The largest absolute Gasteiger partial charge is 0.492 e. The van der Waals surface area contributed by atoms with Crippen molar-refractivity contribution in [1.29, 1.82) is 0 Å². The molecule has 0 radical (unpaired) electrons. The SMILES string of the molecule is O=C(O)Nc1ccc(NC(=O)c2cccc(OCCN3CCOCC3)c2)cc1. The summed E-state index contributed by atoms with van der Waals surface area (Å²) in [4.78, 5) is 25.3. The van der Waals surface area contributed by atoms with Gasteiger partial charge in [-0.05, 0) is 42.5 Å². The Morgan fingerprint density at radius 1 is 1.04 bits per heavy atom. The first-order chi connectivity index (χ1) is 13.6. The number of ether oxygens (including phenoxy) is 2. The van der Waals surface area contributed by atoms with Crippen LogP contribution in [0.2, 0.25) is 0 Å². The fourth-order valence-corrected chi connectivity index (χ4v) is 2.81. The van der Waals surface area contributed by atoms with Crippen LogP contribution in [-0.2, 0) is 4.74 Å². The summed E-state index contributed by atoms with van der Waals surface area (Å²) in [6.45, 7) is 4.69. The van der Waals surface area contributed by atoms with Crippen molar-refractivity contribution in [2.45, 2.75) is 0 Å². The van der Waals surface area contributed by atoms with Crippen LogP contribution < -0.4 is 15.4 Å². The van der Waals surface area contributed by atoms with Crippen molar-refractivity contribution in [3.63, 3.8) is 0 Å². The standard InChI is InChI=1S/C20H23N3O5/c24-19(21-16-4-6-17(7-5-16)22-20(25)26)15-2-1-3-18(14-15)28-13-10-23-8-11-27-12-9-23/h1-7,14,22H,8-13H2,(H,21,24)(H,25,26). The van der Waals surface area contributed by atoms with Gasteiger partial charge in [0.15, 0.2) is 0 Å². The van der Waals surface area contributed by atoms with E-state index in [1.165, 1.54) is 0 Å². The van der Waals surface area contributed by atoms with E-state index in [2.05, 4.69) is 15.5 Å². The lowest BCUT2D eigenvalue weighted by Gasteiger charge is -2.26. The third-order valence-electron chi connectivity index (χ3n) is 4.27. The van der Waals surface area contributed by atoms with Crippen molar-refractivity contribution in [3.05, 3.63) is 54.1 Å². The lowest BCUT2D eigenvalue weighted by Crippen LogP contribution is -2.38. The summed E-state index contributed by atoms with van der Waals surface area (Å²) in [6.07, 6.45) is -1.14. The van der Waals surface area contributed by atoms with Crippen LogP contribution in [-0.4, -0.2) is 61.5 Å². The van der Waals surface area contributed by atoms with Gasteiger partial charge < -0.3 is 19.9 Å². The number of morpholine rings is 1. The van der Waals surface area contributed by atoms with Crippen molar-refractivity contribution in [2.24, 2.45) is 0 Å². The zero-order chi connectivity index (χ0) is 19.8. The maximum absolute atomic E-state index is 12.5. The molecule has 8 nitrogen and oxygen atoms in total. The predicted molar refractivity (Wildman–Crippen MR) is 105 cm³/mol. The molecule has 1 saturated heterocycles. The molecular weight excluding hydrogens is 362 g/mol. The van der Waals surface area contributed by atoms with Crippen LogP contribution in [0, 0.1) is 0 Å². The second kappa shape index (κ2) is 9.72. The van der Waals surface area contributed by atoms with Gasteiger partial charge in [0, 0.05) is 36.6 Å². The Bertz CT molecular complexity index is 804. The minimum absolute atomic E-state index is 0.266. The highest BCUT2D eigenvalue weighted by atomic mass is 16.5. The summed E-state index contributed by atoms with van der Waals surface area (Å²) in [5.74, 6) is 0.375. The molecule has 1 fully saturated rings. The average molecular weight is 385 g/mol. The highest BCUT2D eigenvalue weighted by Crippen LogP contribution is 2.17. The van der Waals surface area contributed by atoms with Gasteiger partial charge in [-0.25, -0.2) is 4.79 Å². The zero-order valence-electron chi connectivity index (χ0n) is 15.4. The van der Waals surface area contributed by atoms with E-state index in [1.54, 1.807) is 42.5 Å². The molecule has 1 heterocycles. The Kier molecular flexibility index (Phi) is 6.83. The Hall–Kier alpha value is -3.10. The molecule has 0 aliphatic carbocycles. The lowest BCUT2D eigenvalue weighted by molar-refractivity contribution is 0.0322. The van der Waals surface area contributed by atoms with E-state index in [-0.39, 0.29) is 5.91 Å². The maximum Gasteiger partial charge on any atom is 0.409 e. The van der Waals surface area contributed by atoms with Gasteiger partial charge in [0.05, 0.1) is 13.2 Å². The van der Waals surface area contributed by atoms with Gasteiger partial charge >= 0.3 is 6.09 Å². The van der Waals surface area contributed by atoms with Gasteiger partial charge in [0.2, 0.25) is 0 Å². The van der Waals surface area contributed by atoms with Crippen LogP contribution in [0.3, 0.4) is 0 Å². The number of carboxylic acid groups (broad SMARTS) is 1. The van der Waals surface area contributed by atoms with Crippen LogP contribution in [0.5, 0.6) is 5.75 Å². The first kappa shape index (κ1) is 19.7. The quantitative estimate of drug-likeness (QED) is 0.678. The third kappa shape index (κ3) is 5.97. The third-order valence-corrected chi connectivity index (χ3v) is 4.27. The van der Waals surface area contributed by atoms with Crippen LogP contribution in [0.1, 0.15) is 10.4 Å². The molecule has 3 rings (SSSR count). The summed E-state index contributed by atoms with van der Waals surface area (Å²) < 4.78 is 11.1. The number of benzene rings is 2. The molecule has 0 spiro atoms. The van der Waals surface area contributed by atoms with E-state index >= 15 is 0 Å². The van der Waals surface area contributed by atoms with Crippen molar-refractivity contribution in [2.75, 3.05) is 50.1 Å². The molecule has 0 unspecified atom stereocenters. The van der Waals surface area contributed by atoms with Crippen LogP contribution >= 0.6 is 0 Å². The topological polar surface area (TPSA) is 100 Å². The Morgan fingerprint density at radius 3 is 2.39 bits per heavy atom. The predicted octanol–water partition coefficient (Wildman–Crippen LogP) is 2.74. The fourth-order valence-electron chi connectivity index (χ4n) is 2.81. The van der Waals surface area contributed by atoms with E-state index in [0.29, 0.717) is 29.3 Å². The number of nitrogens with one attached hydrogen (secondary N) is 2. The molecule has 1 aliphatic heterocycles. The van der Waals surface area contributed by atoms with Gasteiger partial charge in [0.1, 0.15) is 12.4 Å². The molecule has 1 aliphatic rings. The highest BCUT2D eigenvalue weighted by molar-refractivity contribution is 6.04. The number of carbonyl (C=O) groups excluding carboxylic acids is 1. The molecule has 2 aromatic rings. The summed E-state index contributed by atoms with van der Waals surface area (Å²) in [7, 11) is 0. The first-order valence-corrected chi connectivity index (χ1v) is 9.04. The van der Waals surface area contributed by atoms with Gasteiger partial charge in [-0.1, -0.05) is 6.07 Å². The number of nitrogens with zero attached hydrogens (tertiary/aromatic N) is 1. The van der Waals surface area contributed by atoms with E-state index in [0.717, 1.165) is 32.8 Å². The van der Waals surface area contributed by atoms with Gasteiger partial charge in [-0.15, -0.1) is 0 Å². The number of hydrogen-bond acceptors (Lipinski definition) is 5. The van der Waals surface area contributed by atoms with Crippen LogP contribution in [0.4, 0.5) is 16.2 Å². The normalized spacial score (nSPS) is 14.3. The molecular formula is C20H23N3O5. The highest BCUT2D eigenvalue weighted by Gasteiger charge is 2.11. The monoisotopic (exact) mass is 385 g/mol. The molecule has 148 valence electrons. The number of carbonyl (C=O) groups is 2. The molecule has 0 bridgehead atoms. The summed E-state index contributed by atoms with van der Waals surface area (Å²) in [6, 6.07) is 13.4. The molecule has 0 aromatic heterocycles. The van der Waals surface area contributed by atoms with Gasteiger partial charge in [-0.3, -0.25) is 15.0 Å². The second-order valence-electron chi connectivity index (χ2n) is 6.29. The minimum atomic E-state index is -1.14. The van der Waals surface area contributed by atoms with E-state index < -0.39 is 6.09 Å². The lowest BCUT2D eigenvalue weighted by atomic mass is 10.2. The average Bonchev–Trinajstić information content (AvgIpc) is 2.70. The smallest absolute Gasteiger partial charge is 0.409 e. The van der Waals surface area contributed by atoms with Crippen molar-refractivity contribution >= 4 is 23.4 Å². The molecule has 0 atom stereocenters. The molecule has 2 amide bonds. The Balaban J connectivity index is 1.52. The van der Waals surface area contributed by atoms with Crippen LogP contribution in [0.15, 0.2) is 48.5 Å². The van der Waals surface area contributed by atoms with Gasteiger partial charge in [-0.2, -0.15) is 0 Å². The maximum atomic E-state index is 12.5. The van der Waals surface area contributed by atoms with Crippen molar-refractivity contribution in [1.82, 2.24) is 4.90 Å². The Morgan fingerprint density at radius 2 is 1.71 bits per heavy atom. The number of rotatable bonds is 7. The molecule has 3 N–H and O–H groups in total. The summed E-state index contributed by atoms with van der Waals surface area (Å²) >= 11 is 0. The number of anilines is 2. The fraction of sp³-hybridized carbons (Fsp3) is 0.300. The van der Waals surface area contributed by atoms with Crippen LogP contribution in [0.25, 0.3) is 0 Å². The molecule has 0 saturated carbocycles. The summed E-state index contributed by atoms with van der Waals surface area (Å²) in [5.41, 5.74) is 1.48. The van der Waals surface area contributed by atoms with E-state index in [4.69, 9.17) is 14.6 Å². The molecule has 8 heteroatoms. The van der Waals surface area contributed by atoms with E-state index in [1.807, 2.05) is 6.07 Å².